The number of aliphatic carboxylic acids is 1. The van der Waals surface area contributed by atoms with Gasteiger partial charge in [-0.25, -0.2) is 4.79 Å². The summed E-state index contributed by atoms with van der Waals surface area (Å²) in [7, 11) is 0. The van der Waals surface area contributed by atoms with Gasteiger partial charge < -0.3 is 17.3 Å². The van der Waals surface area contributed by atoms with Gasteiger partial charge in [0.05, 0.1) is 0 Å². The van der Waals surface area contributed by atoms with Crippen LogP contribution in [0.25, 0.3) is 0 Å². The summed E-state index contributed by atoms with van der Waals surface area (Å²) < 4.78 is 0. The van der Waals surface area contributed by atoms with Gasteiger partial charge in [0, 0.05) is 0 Å². The summed E-state index contributed by atoms with van der Waals surface area (Å²) in [5, 5.41) is 15.8. The van der Waals surface area contributed by atoms with Crippen molar-refractivity contribution >= 4 is 79.2 Å². The molecule has 0 aromatic rings. The van der Waals surface area contributed by atoms with E-state index in [0.29, 0.717) is 0 Å². The minimum absolute atomic E-state index is 0. The molecule has 0 fully saturated rings. The van der Waals surface area contributed by atoms with Crippen LogP contribution >= 0.6 is 12.4 Å². The maximum Gasteiger partial charge on any atom is 2.00 e. The van der Waals surface area contributed by atoms with Crippen molar-refractivity contribution in [2.24, 2.45) is 0 Å². The quantitative estimate of drug-likeness (QED) is 0.453. The molecule has 0 rings (SSSR count). The van der Waals surface area contributed by atoms with Gasteiger partial charge in [-0.05, 0) is 6.92 Å². The second-order valence-electron chi connectivity index (χ2n) is 1.01. The molecule has 0 spiro atoms. The third-order valence-electron chi connectivity index (χ3n) is 0.357. The Balaban J connectivity index is -0.00000000347. The molecule has 0 aliphatic heterocycles. The van der Waals surface area contributed by atoms with Crippen molar-refractivity contribution in [1.29, 1.82) is 0 Å². The Morgan fingerprint density at radius 3 is 1.70 bits per heavy atom. The molecule has 0 saturated carbocycles. The van der Waals surface area contributed by atoms with Crippen molar-refractivity contribution in [3.8, 4) is 0 Å². The number of carboxylic acid groups (broad SMARTS) is 1. The molecule has 10 heavy (non-hydrogen) atoms. The summed E-state index contributed by atoms with van der Waals surface area (Å²) in [6.45, 7) is 1.20. The van der Waals surface area contributed by atoms with Gasteiger partial charge in [0.25, 0.3) is 0 Å². The molecule has 2 N–H and O–H groups in total. The molecule has 0 amide bonds. The minimum Gasteiger partial charge on any atom is -1.00 e. The van der Waals surface area contributed by atoms with Gasteiger partial charge in [-0.3, -0.25) is 0 Å². The van der Waals surface area contributed by atoms with Crippen LogP contribution in [0.4, 0.5) is 0 Å². The molecule has 3 nitrogen and oxygen atoms in total. The Labute approximate surface area is 142 Å². The van der Waals surface area contributed by atoms with E-state index in [4.69, 9.17) is 10.2 Å². The fourth-order valence-corrected chi connectivity index (χ4v) is 0. The molecule has 0 aliphatic carbocycles. The summed E-state index contributed by atoms with van der Waals surface area (Å²) >= 11 is 0. The van der Waals surface area contributed by atoms with Crippen LogP contribution in [0.5, 0.6) is 0 Å². The summed E-state index contributed by atoms with van der Waals surface area (Å²) in [5.74, 6) is -1.19. The second-order valence-corrected chi connectivity index (χ2v) is 1.01. The summed E-state index contributed by atoms with van der Waals surface area (Å²) in [4.78, 5) is 9.45. The van der Waals surface area contributed by atoms with E-state index in [9.17, 15) is 4.79 Å². The zero-order valence-corrected chi connectivity index (χ0v) is 12.6. The Kier molecular flexibility index (Phi) is 52.0. The standard InChI is InChI=1S/C3H6O3.Ca.ClH.Mg.Na.5H/c1-2(4)3(5)6;;;;;;;;;/h2,4H,1H3,(H,5,6);;1H;;;;;;;/q;+2;;+2;+1;5*-1. The summed E-state index contributed by atoms with van der Waals surface area (Å²) in [6, 6.07) is 0. The molecule has 0 aliphatic rings. The van der Waals surface area contributed by atoms with Crippen LogP contribution in [-0.4, -0.2) is 83.1 Å². The molecule has 0 aromatic carbocycles. The fourth-order valence-electron chi connectivity index (χ4n) is 0. The van der Waals surface area contributed by atoms with Crippen molar-refractivity contribution in [1.82, 2.24) is 0 Å². The van der Waals surface area contributed by atoms with Crippen LogP contribution in [0.1, 0.15) is 14.1 Å². The molecule has 1 atom stereocenters. The van der Waals surface area contributed by atoms with Crippen LogP contribution in [0, 0.1) is 0 Å². The zero-order valence-electron chi connectivity index (χ0n) is 11.2. The number of rotatable bonds is 1. The molecule has 0 aromatic heterocycles. The number of hydrogen-bond acceptors (Lipinski definition) is 2. The Morgan fingerprint density at radius 2 is 1.70 bits per heavy atom. The van der Waals surface area contributed by atoms with Gasteiger partial charge in [-0.2, -0.15) is 0 Å². The topological polar surface area (TPSA) is 57.5 Å². The normalized spacial score (nSPS) is 8.20. The number of hydrogen-bond donors (Lipinski definition) is 2. The fraction of sp³-hybridized carbons (Fsp3) is 0.667. The molecule has 1 unspecified atom stereocenters. The van der Waals surface area contributed by atoms with Crippen molar-refractivity contribution in [3.63, 3.8) is 0 Å². The van der Waals surface area contributed by atoms with Crippen molar-refractivity contribution in [2.45, 2.75) is 13.0 Å². The molecule has 7 heteroatoms. The van der Waals surface area contributed by atoms with E-state index in [1.54, 1.807) is 0 Å². The molecular formula is C3H12CaClMgNaO3. The number of halogens is 1. The first kappa shape index (κ1) is 29.3. The van der Waals surface area contributed by atoms with Gasteiger partial charge in [-0.1, -0.05) is 0 Å². The van der Waals surface area contributed by atoms with Crippen LogP contribution in [-0.2, 0) is 4.79 Å². The smallest absolute Gasteiger partial charge is 1.00 e. The number of carboxylic acids is 1. The van der Waals surface area contributed by atoms with Gasteiger partial charge in [0.2, 0.25) is 0 Å². The van der Waals surface area contributed by atoms with E-state index in [1.807, 2.05) is 0 Å². The summed E-state index contributed by atoms with van der Waals surface area (Å²) in [5.41, 5.74) is 0. The molecule has 0 heterocycles. The first-order valence-electron chi connectivity index (χ1n) is 1.55. The largest absolute Gasteiger partial charge is 2.00 e. The van der Waals surface area contributed by atoms with Crippen LogP contribution in [0.15, 0.2) is 0 Å². The van der Waals surface area contributed by atoms with Gasteiger partial charge in [0.1, 0.15) is 6.10 Å². The Morgan fingerprint density at radius 1 is 1.60 bits per heavy atom. The van der Waals surface area contributed by atoms with E-state index in [0.717, 1.165) is 0 Å². The minimum atomic E-state index is -1.23. The maximum atomic E-state index is 9.45. The molecule has 0 radical (unpaired) electrons. The van der Waals surface area contributed by atoms with E-state index in [2.05, 4.69) is 0 Å². The first-order valence-corrected chi connectivity index (χ1v) is 1.55. The second kappa shape index (κ2) is 17.7. The Hall–Kier alpha value is 2.75. The zero-order chi connectivity index (χ0) is 5.15. The molecule has 0 bridgehead atoms. The van der Waals surface area contributed by atoms with E-state index in [1.165, 1.54) is 6.92 Å². The predicted molar refractivity (Wildman–Crippen MR) is 43.6 cm³/mol. The van der Waals surface area contributed by atoms with Gasteiger partial charge >= 0.3 is 96.3 Å². The number of aliphatic hydroxyl groups excluding tert-OH is 1. The van der Waals surface area contributed by atoms with Crippen LogP contribution in [0.2, 0.25) is 0 Å². The maximum absolute atomic E-state index is 9.45. The van der Waals surface area contributed by atoms with E-state index >= 15 is 0 Å². The molecule has 0 saturated heterocycles. The van der Waals surface area contributed by atoms with Crippen LogP contribution in [0.3, 0.4) is 0 Å². The SMILES string of the molecule is CC(O)C(=O)O.Cl.[Ca+2].[H-].[H-].[H-].[H-].[H-].[Mg+2].[Na+]. The van der Waals surface area contributed by atoms with Gasteiger partial charge in [-0.15, -0.1) is 12.4 Å². The molecule has 54 valence electrons. The Bertz CT molecular complexity index is 88.5. The third kappa shape index (κ3) is 22.4. The van der Waals surface area contributed by atoms with Crippen molar-refractivity contribution in [2.75, 3.05) is 0 Å². The van der Waals surface area contributed by atoms with Crippen molar-refractivity contribution in [3.05, 3.63) is 0 Å². The average Bonchev–Trinajstić information content (AvgIpc) is 1.36. The van der Waals surface area contributed by atoms with Crippen LogP contribution < -0.4 is 29.6 Å². The number of carbonyl (C=O) groups is 1. The van der Waals surface area contributed by atoms with Crippen molar-refractivity contribution < 1.29 is 51.7 Å². The average molecular weight is 219 g/mol. The predicted octanol–water partition coefficient (Wildman–Crippen LogP) is -3.32. The summed E-state index contributed by atoms with van der Waals surface area (Å²) in [6.07, 6.45) is -1.23. The first-order chi connectivity index (χ1) is 2.64. The van der Waals surface area contributed by atoms with E-state index in [-0.39, 0.29) is 110 Å². The monoisotopic (exact) mass is 218 g/mol. The van der Waals surface area contributed by atoms with Gasteiger partial charge in [0.15, 0.2) is 0 Å². The third-order valence-corrected chi connectivity index (χ3v) is 0.357. The van der Waals surface area contributed by atoms with E-state index < -0.39 is 12.1 Å². The molecular weight excluding hydrogens is 207 g/mol. The number of aliphatic hydroxyl groups is 1.